The predicted molar refractivity (Wildman–Crippen MR) is 84.1 cm³/mol. The number of hydrogen-bond donors (Lipinski definition) is 1. The molecule has 0 fully saturated rings. The van der Waals surface area contributed by atoms with Crippen LogP contribution in [0, 0.1) is 3.70 Å². The minimum Gasteiger partial charge on any atom is -0.366 e. The van der Waals surface area contributed by atoms with Crippen molar-refractivity contribution < 1.29 is 4.79 Å². The highest BCUT2D eigenvalue weighted by Crippen LogP contribution is 2.34. The van der Waals surface area contributed by atoms with Crippen LogP contribution in [0.3, 0.4) is 0 Å². The number of carbonyl (C=O) groups excluding carboxylic acids is 1. The topological polar surface area (TPSA) is 68.9 Å². The third-order valence-electron chi connectivity index (χ3n) is 2.71. The molecule has 0 spiro atoms. The maximum atomic E-state index is 11.4. The molecule has 1 amide bonds. The van der Waals surface area contributed by atoms with Gasteiger partial charge in [-0.15, -0.1) is 11.3 Å². The smallest absolute Gasteiger partial charge is 0.249 e. The van der Waals surface area contributed by atoms with Gasteiger partial charge < -0.3 is 5.73 Å². The summed E-state index contributed by atoms with van der Waals surface area (Å²) in [6.07, 6.45) is 1.54. The number of benzene rings is 1. The van der Waals surface area contributed by atoms with Crippen molar-refractivity contribution in [2.45, 2.75) is 0 Å². The Morgan fingerprint density at radius 2 is 2.11 bits per heavy atom. The number of hydrogen-bond acceptors (Lipinski definition) is 4. The zero-order valence-electron chi connectivity index (χ0n) is 9.63. The summed E-state index contributed by atoms with van der Waals surface area (Å²) in [5, 5.41) is 0.878. The molecule has 2 N–H and O–H groups in total. The van der Waals surface area contributed by atoms with Gasteiger partial charge in [-0.1, -0.05) is 6.07 Å². The molecule has 0 aliphatic carbocycles. The van der Waals surface area contributed by atoms with E-state index in [2.05, 4.69) is 32.6 Å². The van der Waals surface area contributed by atoms with Crippen LogP contribution in [-0.2, 0) is 0 Å². The van der Waals surface area contributed by atoms with Crippen molar-refractivity contribution in [3.8, 4) is 10.6 Å². The van der Waals surface area contributed by atoms with E-state index in [1.807, 2.05) is 24.3 Å². The molecule has 4 nitrogen and oxygen atoms in total. The molecule has 2 aromatic heterocycles. The van der Waals surface area contributed by atoms with E-state index in [9.17, 15) is 4.79 Å². The van der Waals surface area contributed by atoms with E-state index in [0.717, 1.165) is 24.4 Å². The summed E-state index contributed by atoms with van der Waals surface area (Å²) in [5.41, 5.74) is 6.79. The Bertz CT molecular complexity index is 784. The maximum Gasteiger partial charge on any atom is 0.249 e. The lowest BCUT2D eigenvalue weighted by molar-refractivity contribution is 0.100. The van der Waals surface area contributed by atoms with Crippen molar-refractivity contribution in [1.29, 1.82) is 0 Å². The number of thiophene rings is 1. The van der Waals surface area contributed by atoms with Gasteiger partial charge in [0.05, 0.1) is 10.6 Å². The minimum absolute atomic E-state index is 0.410. The maximum absolute atomic E-state index is 11.4. The molecule has 0 bridgehead atoms. The number of amides is 1. The highest BCUT2D eigenvalue weighted by Gasteiger charge is 2.11. The van der Waals surface area contributed by atoms with Crippen molar-refractivity contribution in [2.75, 3.05) is 0 Å². The first-order valence-corrected chi connectivity index (χ1v) is 7.35. The predicted octanol–water partition coefficient (Wildman–Crippen LogP) is 3.06. The second-order valence-corrected chi connectivity index (χ2v) is 6.11. The van der Waals surface area contributed by atoms with Crippen molar-refractivity contribution in [1.82, 2.24) is 9.97 Å². The Morgan fingerprint density at radius 1 is 1.26 bits per heavy atom. The fourth-order valence-electron chi connectivity index (χ4n) is 1.87. The van der Waals surface area contributed by atoms with Gasteiger partial charge in [-0.05, 0) is 46.9 Å². The first-order valence-electron chi connectivity index (χ1n) is 5.45. The molecule has 19 heavy (non-hydrogen) atoms. The lowest BCUT2D eigenvalue weighted by atomic mass is 10.1. The molecule has 3 rings (SSSR count). The number of fused-ring (bicyclic) bond motifs is 1. The SMILES string of the molecule is NC(=O)c1cccc2sc(-c3cc(I)ncn3)cc12. The fourth-order valence-corrected chi connectivity index (χ4v) is 3.35. The van der Waals surface area contributed by atoms with Crippen molar-refractivity contribution in [3.05, 3.63) is 45.9 Å². The lowest BCUT2D eigenvalue weighted by Gasteiger charge is -1.96. The van der Waals surface area contributed by atoms with Crippen molar-refractivity contribution in [3.63, 3.8) is 0 Å². The van der Waals surface area contributed by atoms with Crippen LogP contribution in [0.25, 0.3) is 20.7 Å². The van der Waals surface area contributed by atoms with Gasteiger partial charge in [0.25, 0.3) is 0 Å². The van der Waals surface area contributed by atoms with Crippen LogP contribution in [0.5, 0.6) is 0 Å². The Morgan fingerprint density at radius 3 is 2.84 bits per heavy atom. The number of carbonyl (C=O) groups is 1. The highest BCUT2D eigenvalue weighted by atomic mass is 127. The monoisotopic (exact) mass is 381 g/mol. The van der Waals surface area contributed by atoms with E-state index in [1.165, 1.54) is 6.33 Å². The summed E-state index contributed by atoms with van der Waals surface area (Å²) in [6.45, 7) is 0. The molecule has 0 unspecified atom stereocenters. The standard InChI is InChI=1S/C13H8IN3OS/c14-12-5-9(16-6-17-12)11-4-8-7(13(15)18)2-1-3-10(8)19-11/h1-6H,(H2,15,18). The first kappa shape index (κ1) is 12.5. The number of rotatable bonds is 2. The first-order chi connectivity index (χ1) is 9.15. The molecule has 6 heteroatoms. The molecular formula is C13H8IN3OS. The third-order valence-corrected chi connectivity index (χ3v) is 4.43. The van der Waals surface area contributed by atoms with Gasteiger partial charge in [0, 0.05) is 15.6 Å². The molecule has 2 heterocycles. The van der Waals surface area contributed by atoms with E-state index in [-0.39, 0.29) is 0 Å². The van der Waals surface area contributed by atoms with Crippen LogP contribution in [-0.4, -0.2) is 15.9 Å². The van der Waals surface area contributed by atoms with Gasteiger partial charge in [-0.25, -0.2) is 9.97 Å². The van der Waals surface area contributed by atoms with Crippen LogP contribution < -0.4 is 5.73 Å². The van der Waals surface area contributed by atoms with Gasteiger partial charge in [0.15, 0.2) is 0 Å². The van der Waals surface area contributed by atoms with Crippen molar-refractivity contribution in [2.24, 2.45) is 5.73 Å². The average molecular weight is 381 g/mol. The van der Waals surface area contributed by atoms with Crippen LogP contribution in [0.4, 0.5) is 0 Å². The lowest BCUT2D eigenvalue weighted by Crippen LogP contribution is -2.10. The summed E-state index contributed by atoms with van der Waals surface area (Å²) in [5.74, 6) is -0.410. The highest BCUT2D eigenvalue weighted by molar-refractivity contribution is 14.1. The summed E-state index contributed by atoms with van der Waals surface area (Å²) in [7, 11) is 0. The number of nitrogens with zero attached hydrogens (tertiary/aromatic N) is 2. The molecule has 1 aromatic carbocycles. The Hall–Kier alpha value is -1.54. The van der Waals surface area contributed by atoms with Gasteiger partial charge in [-0.3, -0.25) is 4.79 Å². The van der Waals surface area contributed by atoms with E-state index in [1.54, 1.807) is 17.4 Å². The number of halogens is 1. The van der Waals surface area contributed by atoms with Gasteiger partial charge in [-0.2, -0.15) is 0 Å². The average Bonchev–Trinajstić information content (AvgIpc) is 2.82. The van der Waals surface area contributed by atoms with Crippen LogP contribution in [0.1, 0.15) is 10.4 Å². The third kappa shape index (κ3) is 2.33. The van der Waals surface area contributed by atoms with Gasteiger partial charge in [0.1, 0.15) is 10.0 Å². The zero-order chi connectivity index (χ0) is 13.4. The van der Waals surface area contributed by atoms with Crippen LogP contribution in [0.15, 0.2) is 36.7 Å². The number of nitrogens with two attached hydrogens (primary N) is 1. The molecule has 0 saturated heterocycles. The normalized spacial score (nSPS) is 10.8. The molecule has 0 saturated carbocycles. The van der Waals surface area contributed by atoms with E-state index < -0.39 is 5.91 Å². The molecule has 0 aliphatic heterocycles. The Labute approximate surface area is 126 Å². The second-order valence-electron chi connectivity index (χ2n) is 3.92. The van der Waals surface area contributed by atoms with Crippen LogP contribution >= 0.6 is 33.9 Å². The van der Waals surface area contributed by atoms with Crippen molar-refractivity contribution >= 4 is 49.9 Å². The summed E-state index contributed by atoms with van der Waals surface area (Å²) in [6, 6.07) is 9.42. The Balaban J connectivity index is 2.22. The summed E-state index contributed by atoms with van der Waals surface area (Å²) < 4.78 is 1.91. The Kier molecular flexibility index (Phi) is 3.19. The van der Waals surface area contributed by atoms with Gasteiger partial charge in [0.2, 0.25) is 5.91 Å². The molecule has 0 aliphatic rings. The molecule has 0 atom stereocenters. The molecule has 0 radical (unpaired) electrons. The van der Waals surface area contributed by atoms with E-state index in [0.29, 0.717) is 5.56 Å². The molecule has 3 aromatic rings. The minimum atomic E-state index is -0.410. The number of aromatic nitrogens is 2. The van der Waals surface area contributed by atoms with E-state index >= 15 is 0 Å². The fraction of sp³-hybridized carbons (Fsp3) is 0. The van der Waals surface area contributed by atoms with E-state index in [4.69, 9.17) is 5.73 Å². The second kappa shape index (κ2) is 4.86. The number of primary amides is 1. The molecule has 94 valence electrons. The quantitative estimate of drug-likeness (QED) is 0.548. The molecular weight excluding hydrogens is 373 g/mol. The largest absolute Gasteiger partial charge is 0.366 e. The summed E-state index contributed by atoms with van der Waals surface area (Å²) in [4.78, 5) is 20.7. The summed E-state index contributed by atoms with van der Waals surface area (Å²) >= 11 is 3.74. The van der Waals surface area contributed by atoms with Gasteiger partial charge >= 0.3 is 0 Å². The zero-order valence-corrected chi connectivity index (χ0v) is 12.6. The van der Waals surface area contributed by atoms with Crippen LogP contribution in [0.2, 0.25) is 0 Å².